The summed E-state index contributed by atoms with van der Waals surface area (Å²) in [6, 6.07) is 5.85. The Morgan fingerprint density at radius 2 is 2.26 bits per heavy atom. The quantitative estimate of drug-likeness (QED) is 0.895. The second-order valence-corrected chi connectivity index (χ2v) is 5.46. The molecule has 0 spiro atoms. The molecule has 1 atom stereocenters. The van der Waals surface area contributed by atoms with E-state index >= 15 is 0 Å². The second kappa shape index (κ2) is 6.18. The Bertz CT molecular complexity index is 807. The van der Waals surface area contributed by atoms with E-state index in [1.54, 1.807) is 13.1 Å². The molecule has 2 aromatic heterocycles. The van der Waals surface area contributed by atoms with Crippen LogP contribution in [0.15, 0.2) is 23.1 Å². The molecular formula is C16H17N5O2. The summed E-state index contributed by atoms with van der Waals surface area (Å²) in [4.78, 5) is 25.5. The zero-order valence-corrected chi connectivity index (χ0v) is 13.0. The van der Waals surface area contributed by atoms with Gasteiger partial charge in [0.2, 0.25) is 0 Å². The van der Waals surface area contributed by atoms with Crippen LogP contribution < -0.4 is 10.5 Å². The summed E-state index contributed by atoms with van der Waals surface area (Å²) in [5.41, 5.74) is 1.94. The van der Waals surface area contributed by atoms with E-state index < -0.39 is 6.10 Å². The number of pyridine rings is 1. The molecule has 118 valence electrons. The lowest BCUT2D eigenvalue weighted by molar-refractivity contribution is 0.0761. The van der Waals surface area contributed by atoms with Gasteiger partial charge in [0, 0.05) is 29.6 Å². The largest absolute Gasteiger partial charge is 0.360 e. The molecule has 2 aromatic rings. The Labute approximate surface area is 133 Å². The first-order valence-electron chi connectivity index (χ1n) is 7.38. The molecule has 1 aliphatic rings. The minimum Gasteiger partial charge on any atom is -0.360 e. The van der Waals surface area contributed by atoms with Gasteiger partial charge in [0.15, 0.2) is 6.10 Å². The topological polar surface area (TPSA) is 94.9 Å². The van der Waals surface area contributed by atoms with Crippen molar-refractivity contribution >= 4 is 5.82 Å². The van der Waals surface area contributed by atoms with Gasteiger partial charge in [-0.15, -0.1) is 0 Å². The number of morpholine rings is 1. The van der Waals surface area contributed by atoms with E-state index in [4.69, 9.17) is 10.00 Å². The van der Waals surface area contributed by atoms with E-state index in [1.165, 1.54) is 0 Å². The first-order chi connectivity index (χ1) is 11.1. The van der Waals surface area contributed by atoms with Crippen LogP contribution in [0.2, 0.25) is 0 Å². The van der Waals surface area contributed by atoms with E-state index in [2.05, 4.69) is 21.0 Å². The molecule has 1 fully saturated rings. The van der Waals surface area contributed by atoms with Gasteiger partial charge in [0.1, 0.15) is 11.6 Å². The Kier molecular flexibility index (Phi) is 4.08. The van der Waals surface area contributed by atoms with Gasteiger partial charge >= 0.3 is 0 Å². The molecule has 0 aromatic carbocycles. The number of aromatic amines is 1. The highest BCUT2D eigenvalue weighted by Gasteiger charge is 2.21. The summed E-state index contributed by atoms with van der Waals surface area (Å²) in [7, 11) is 0. The number of aromatic nitrogens is 3. The zero-order chi connectivity index (χ0) is 16.4. The molecule has 0 amide bonds. The molecule has 23 heavy (non-hydrogen) atoms. The van der Waals surface area contributed by atoms with Crippen molar-refractivity contribution < 1.29 is 4.74 Å². The number of anilines is 1. The number of hydrogen-bond donors (Lipinski definition) is 1. The highest BCUT2D eigenvalue weighted by atomic mass is 16.5. The van der Waals surface area contributed by atoms with Crippen LogP contribution in [-0.2, 0) is 4.74 Å². The number of H-pyrrole nitrogens is 1. The van der Waals surface area contributed by atoms with Crippen LogP contribution in [0.3, 0.4) is 0 Å². The van der Waals surface area contributed by atoms with E-state index in [1.807, 2.05) is 24.0 Å². The maximum atomic E-state index is 11.8. The van der Waals surface area contributed by atoms with Crippen molar-refractivity contribution in [2.24, 2.45) is 0 Å². The Balaban J connectivity index is 1.85. The predicted molar refractivity (Wildman–Crippen MR) is 85.1 cm³/mol. The molecule has 3 heterocycles. The van der Waals surface area contributed by atoms with Crippen molar-refractivity contribution in [3.8, 4) is 17.5 Å². The van der Waals surface area contributed by atoms with E-state index in [0.29, 0.717) is 36.8 Å². The number of ether oxygens (including phenoxy) is 1. The maximum Gasteiger partial charge on any atom is 0.254 e. The third kappa shape index (κ3) is 3.07. The number of hydrogen-bond acceptors (Lipinski definition) is 6. The van der Waals surface area contributed by atoms with Crippen molar-refractivity contribution in [3.63, 3.8) is 0 Å². The van der Waals surface area contributed by atoms with E-state index in [-0.39, 0.29) is 5.56 Å². The number of nitrogens with zero attached hydrogens (tertiary/aromatic N) is 4. The number of nitrogens with one attached hydrogen (secondary N) is 1. The molecule has 0 radical (unpaired) electrons. The molecule has 0 aliphatic carbocycles. The minimum absolute atomic E-state index is 0.137. The molecule has 0 saturated carbocycles. The van der Waals surface area contributed by atoms with Crippen LogP contribution in [-0.4, -0.2) is 40.8 Å². The summed E-state index contributed by atoms with van der Waals surface area (Å²) in [5, 5.41) is 8.96. The highest BCUT2D eigenvalue weighted by molar-refractivity contribution is 5.56. The molecule has 3 rings (SSSR count). The van der Waals surface area contributed by atoms with Crippen LogP contribution in [0, 0.1) is 25.2 Å². The molecular weight excluding hydrogens is 294 g/mol. The predicted octanol–water partition coefficient (Wildman–Crippen LogP) is 1.18. The van der Waals surface area contributed by atoms with Crippen LogP contribution in [0.4, 0.5) is 5.82 Å². The third-order valence-electron chi connectivity index (χ3n) is 3.95. The van der Waals surface area contributed by atoms with Crippen LogP contribution >= 0.6 is 0 Å². The molecule has 1 aliphatic heterocycles. The molecule has 7 heteroatoms. The summed E-state index contributed by atoms with van der Waals surface area (Å²) in [6.07, 6.45) is 1.25. The smallest absolute Gasteiger partial charge is 0.254 e. The third-order valence-corrected chi connectivity index (χ3v) is 3.95. The Morgan fingerprint density at radius 3 is 2.91 bits per heavy atom. The lowest BCUT2D eigenvalue weighted by Crippen LogP contribution is -2.42. The van der Waals surface area contributed by atoms with Crippen molar-refractivity contribution in [3.05, 3.63) is 39.9 Å². The number of aryl methyl sites for hydroxylation is 1. The summed E-state index contributed by atoms with van der Waals surface area (Å²) < 4.78 is 5.33. The van der Waals surface area contributed by atoms with Gasteiger partial charge in [0.05, 0.1) is 19.2 Å². The summed E-state index contributed by atoms with van der Waals surface area (Å²) in [6.45, 7) is 5.26. The fraction of sp³-hybridized carbons (Fsp3) is 0.375. The van der Waals surface area contributed by atoms with Crippen molar-refractivity contribution in [1.29, 1.82) is 5.26 Å². The van der Waals surface area contributed by atoms with Crippen LogP contribution in [0.1, 0.15) is 11.3 Å². The Hall–Kier alpha value is -2.72. The molecule has 0 bridgehead atoms. The second-order valence-electron chi connectivity index (χ2n) is 5.46. The fourth-order valence-corrected chi connectivity index (χ4v) is 2.43. The molecule has 1 N–H and O–H groups in total. The average Bonchev–Trinajstić information content (AvgIpc) is 2.59. The Morgan fingerprint density at radius 1 is 1.43 bits per heavy atom. The number of rotatable bonds is 2. The first kappa shape index (κ1) is 15.2. The molecule has 7 nitrogen and oxygen atoms in total. The molecule has 1 unspecified atom stereocenters. The molecule has 1 saturated heterocycles. The first-order valence-corrected chi connectivity index (χ1v) is 7.38. The van der Waals surface area contributed by atoms with E-state index in [9.17, 15) is 4.79 Å². The van der Waals surface area contributed by atoms with Gasteiger partial charge in [-0.25, -0.2) is 9.97 Å². The van der Waals surface area contributed by atoms with Gasteiger partial charge in [-0.05, 0) is 26.0 Å². The maximum absolute atomic E-state index is 11.8. The fourth-order valence-electron chi connectivity index (χ4n) is 2.43. The van der Waals surface area contributed by atoms with Gasteiger partial charge in [-0.3, -0.25) is 4.79 Å². The lowest BCUT2D eigenvalue weighted by atomic mass is 10.2. The average molecular weight is 311 g/mol. The monoisotopic (exact) mass is 311 g/mol. The van der Waals surface area contributed by atoms with Gasteiger partial charge in [-0.1, -0.05) is 0 Å². The normalized spacial score (nSPS) is 17.8. The number of nitriles is 1. The van der Waals surface area contributed by atoms with Crippen molar-refractivity contribution in [2.45, 2.75) is 20.0 Å². The zero-order valence-electron chi connectivity index (χ0n) is 13.0. The summed E-state index contributed by atoms with van der Waals surface area (Å²) in [5.74, 6) is 1.29. The van der Waals surface area contributed by atoms with Crippen LogP contribution in [0.25, 0.3) is 11.4 Å². The van der Waals surface area contributed by atoms with Gasteiger partial charge in [0.25, 0.3) is 5.56 Å². The van der Waals surface area contributed by atoms with Gasteiger partial charge < -0.3 is 14.6 Å². The SMILES string of the molecule is Cc1nc(-c2ccc(N3CCOC(C#N)C3)nc2)[nH]c(=O)c1C. The van der Waals surface area contributed by atoms with Crippen LogP contribution in [0.5, 0.6) is 0 Å². The standard InChI is InChI=1S/C16H17N5O2/c1-10-11(2)19-15(20-16(10)22)12-3-4-14(18-8-12)21-5-6-23-13(7-17)9-21/h3-4,8,13H,5-6,9H2,1-2H3,(H,19,20,22). The minimum atomic E-state index is -0.428. The highest BCUT2D eigenvalue weighted by Crippen LogP contribution is 2.19. The van der Waals surface area contributed by atoms with Gasteiger partial charge in [-0.2, -0.15) is 5.26 Å². The van der Waals surface area contributed by atoms with Crippen molar-refractivity contribution in [1.82, 2.24) is 15.0 Å². The summed E-state index contributed by atoms with van der Waals surface area (Å²) >= 11 is 0. The lowest BCUT2D eigenvalue weighted by Gasteiger charge is -2.30. The van der Waals surface area contributed by atoms with Crippen molar-refractivity contribution in [2.75, 3.05) is 24.6 Å². The van der Waals surface area contributed by atoms with E-state index in [0.717, 1.165) is 11.4 Å².